The van der Waals surface area contributed by atoms with Gasteiger partial charge in [0.15, 0.2) is 0 Å². The van der Waals surface area contributed by atoms with E-state index in [4.69, 9.17) is 17.3 Å². The van der Waals surface area contributed by atoms with E-state index < -0.39 is 5.91 Å². The quantitative estimate of drug-likeness (QED) is 0.898. The van der Waals surface area contributed by atoms with Gasteiger partial charge < -0.3 is 11.1 Å². The largest absolute Gasteiger partial charge is 0.381 e. The molecule has 4 heteroatoms. The van der Waals surface area contributed by atoms with Crippen LogP contribution < -0.4 is 11.1 Å². The number of benzene rings is 2. The van der Waals surface area contributed by atoms with Crippen molar-refractivity contribution in [3.63, 3.8) is 0 Å². The summed E-state index contributed by atoms with van der Waals surface area (Å²) in [4.78, 5) is 11.0. The van der Waals surface area contributed by atoms with Gasteiger partial charge in [-0.2, -0.15) is 0 Å². The highest BCUT2D eigenvalue weighted by molar-refractivity contribution is 6.31. The maximum absolute atomic E-state index is 11.0. The highest BCUT2D eigenvalue weighted by Crippen LogP contribution is 2.19. The Morgan fingerprint density at radius 1 is 1.21 bits per heavy atom. The molecule has 2 aromatic carbocycles. The number of nitrogens with two attached hydrogens (primary N) is 1. The van der Waals surface area contributed by atoms with E-state index in [1.807, 2.05) is 37.3 Å². The third kappa shape index (κ3) is 3.48. The Kier molecular flexibility index (Phi) is 4.07. The zero-order valence-corrected chi connectivity index (χ0v) is 11.4. The van der Waals surface area contributed by atoms with E-state index in [1.165, 1.54) is 5.56 Å². The van der Waals surface area contributed by atoms with E-state index in [2.05, 4.69) is 5.32 Å². The smallest absolute Gasteiger partial charge is 0.248 e. The van der Waals surface area contributed by atoms with Crippen LogP contribution in [0.5, 0.6) is 0 Å². The first-order valence-corrected chi connectivity index (χ1v) is 6.33. The number of carbonyl (C=O) groups excluding carboxylic acids is 1. The average Bonchev–Trinajstić information content (AvgIpc) is 2.39. The Morgan fingerprint density at radius 3 is 2.47 bits per heavy atom. The van der Waals surface area contributed by atoms with Crippen LogP contribution in [0.3, 0.4) is 0 Å². The van der Waals surface area contributed by atoms with Gasteiger partial charge in [0.05, 0.1) is 0 Å². The zero-order valence-electron chi connectivity index (χ0n) is 10.6. The van der Waals surface area contributed by atoms with Crippen LogP contribution in [0.4, 0.5) is 5.69 Å². The number of primary amides is 1. The van der Waals surface area contributed by atoms with Crippen LogP contribution in [0.25, 0.3) is 0 Å². The van der Waals surface area contributed by atoms with Gasteiger partial charge in [0.25, 0.3) is 0 Å². The lowest BCUT2D eigenvalue weighted by Crippen LogP contribution is -2.11. The second kappa shape index (κ2) is 5.76. The summed E-state index contributed by atoms with van der Waals surface area (Å²) in [6.07, 6.45) is 0. The first kappa shape index (κ1) is 13.4. The van der Waals surface area contributed by atoms with Crippen molar-refractivity contribution in [2.75, 3.05) is 5.32 Å². The molecule has 0 aliphatic carbocycles. The SMILES string of the molecule is Cc1ccc(NCc2ccc(C(N)=O)cc2Cl)cc1. The minimum absolute atomic E-state index is 0.420. The van der Waals surface area contributed by atoms with Crippen LogP contribution in [0, 0.1) is 6.92 Å². The highest BCUT2D eigenvalue weighted by Gasteiger charge is 2.05. The summed E-state index contributed by atoms with van der Waals surface area (Å²) >= 11 is 6.12. The number of nitrogens with one attached hydrogen (secondary N) is 1. The molecule has 2 rings (SSSR count). The van der Waals surface area contributed by atoms with Gasteiger partial charge in [-0.1, -0.05) is 35.4 Å². The minimum atomic E-state index is -0.472. The molecule has 1 amide bonds. The molecular weight excluding hydrogens is 260 g/mol. The topological polar surface area (TPSA) is 55.1 Å². The number of hydrogen-bond acceptors (Lipinski definition) is 2. The Morgan fingerprint density at radius 2 is 1.89 bits per heavy atom. The normalized spacial score (nSPS) is 10.2. The minimum Gasteiger partial charge on any atom is -0.381 e. The number of halogens is 1. The van der Waals surface area contributed by atoms with Crippen molar-refractivity contribution in [3.8, 4) is 0 Å². The molecule has 0 heterocycles. The van der Waals surface area contributed by atoms with Crippen molar-refractivity contribution in [1.82, 2.24) is 0 Å². The molecule has 0 fully saturated rings. The van der Waals surface area contributed by atoms with Crippen molar-refractivity contribution in [2.24, 2.45) is 5.73 Å². The summed E-state index contributed by atoms with van der Waals surface area (Å²) in [6.45, 7) is 2.64. The number of aryl methyl sites for hydroxylation is 1. The molecule has 0 atom stereocenters. The fourth-order valence-corrected chi connectivity index (χ4v) is 1.96. The van der Waals surface area contributed by atoms with Gasteiger partial charge >= 0.3 is 0 Å². The van der Waals surface area contributed by atoms with Crippen LogP contribution in [0.1, 0.15) is 21.5 Å². The monoisotopic (exact) mass is 274 g/mol. The lowest BCUT2D eigenvalue weighted by atomic mass is 10.1. The molecule has 0 radical (unpaired) electrons. The Hall–Kier alpha value is -2.00. The van der Waals surface area contributed by atoms with Gasteiger partial charge in [0.2, 0.25) is 5.91 Å². The molecule has 0 spiro atoms. The number of carbonyl (C=O) groups is 1. The van der Waals surface area contributed by atoms with Gasteiger partial charge in [0.1, 0.15) is 0 Å². The van der Waals surface area contributed by atoms with Crippen LogP contribution in [-0.2, 0) is 6.54 Å². The molecule has 0 bridgehead atoms. The third-order valence-electron chi connectivity index (χ3n) is 2.87. The summed E-state index contributed by atoms with van der Waals surface area (Å²) in [7, 11) is 0. The Balaban J connectivity index is 2.07. The summed E-state index contributed by atoms with van der Waals surface area (Å²) < 4.78 is 0. The second-order valence-electron chi connectivity index (χ2n) is 4.39. The van der Waals surface area contributed by atoms with Crippen molar-refractivity contribution >= 4 is 23.2 Å². The van der Waals surface area contributed by atoms with Gasteiger partial charge in [-0.15, -0.1) is 0 Å². The maximum atomic E-state index is 11.0. The van der Waals surface area contributed by atoms with Crippen LogP contribution in [0.2, 0.25) is 5.02 Å². The first-order valence-electron chi connectivity index (χ1n) is 5.95. The van der Waals surface area contributed by atoms with E-state index in [0.717, 1.165) is 11.3 Å². The zero-order chi connectivity index (χ0) is 13.8. The fraction of sp³-hybridized carbons (Fsp3) is 0.133. The summed E-state index contributed by atoms with van der Waals surface area (Å²) in [6, 6.07) is 13.2. The number of anilines is 1. The van der Waals surface area contributed by atoms with Crippen LogP contribution >= 0.6 is 11.6 Å². The first-order chi connectivity index (χ1) is 9.06. The lowest BCUT2D eigenvalue weighted by molar-refractivity contribution is 0.100. The Labute approximate surface area is 117 Å². The fourth-order valence-electron chi connectivity index (χ4n) is 1.71. The molecule has 0 saturated carbocycles. The molecule has 98 valence electrons. The van der Waals surface area contributed by atoms with Gasteiger partial charge in [0, 0.05) is 22.8 Å². The van der Waals surface area contributed by atoms with E-state index >= 15 is 0 Å². The standard InChI is InChI=1S/C15H15ClN2O/c1-10-2-6-13(7-3-10)18-9-12-5-4-11(15(17)19)8-14(12)16/h2-8,18H,9H2,1H3,(H2,17,19). The summed E-state index contributed by atoms with van der Waals surface area (Å²) in [5, 5.41) is 3.81. The molecule has 3 nitrogen and oxygen atoms in total. The third-order valence-corrected chi connectivity index (χ3v) is 3.22. The number of rotatable bonds is 4. The van der Waals surface area contributed by atoms with Crippen molar-refractivity contribution in [2.45, 2.75) is 13.5 Å². The predicted molar refractivity (Wildman–Crippen MR) is 78.5 cm³/mol. The van der Waals surface area contributed by atoms with E-state index in [0.29, 0.717) is 17.1 Å². The number of amides is 1. The van der Waals surface area contributed by atoms with Crippen molar-refractivity contribution in [3.05, 3.63) is 64.2 Å². The van der Waals surface area contributed by atoms with Crippen molar-refractivity contribution in [1.29, 1.82) is 0 Å². The highest BCUT2D eigenvalue weighted by atomic mass is 35.5. The van der Waals surface area contributed by atoms with E-state index in [9.17, 15) is 4.79 Å². The van der Waals surface area contributed by atoms with Crippen LogP contribution in [0.15, 0.2) is 42.5 Å². The summed E-state index contributed by atoms with van der Waals surface area (Å²) in [5.41, 5.74) is 8.79. The van der Waals surface area contributed by atoms with Gasteiger partial charge in [-0.05, 0) is 36.8 Å². The van der Waals surface area contributed by atoms with Gasteiger partial charge in [-0.3, -0.25) is 4.79 Å². The molecule has 2 aromatic rings. The van der Waals surface area contributed by atoms with Gasteiger partial charge in [-0.25, -0.2) is 0 Å². The molecule has 19 heavy (non-hydrogen) atoms. The van der Waals surface area contributed by atoms with Crippen molar-refractivity contribution < 1.29 is 4.79 Å². The molecular formula is C15H15ClN2O. The maximum Gasteiger partial charge on any atom is 0.248 e. The van der Waals surface area contributed by atoms with E-state index in [-0.39, 0.29) is 0 Å². The molecule has 0 saturated heterocycles. The Bertz CT molecular complexity index is 594. The average molecular weight is 275 g/mol. The van der Waals surface area contributed by atoms with Crippen LogP contribution in [-0.4, -0.2) is 5.91 Å². The van der Waals surface area contributed by atoms with E-state index in [1.54, 1.807) is 12.1 Å². The molecule has 0 aliphatic heterocycles. The summed E-state index contributed by atoms with van der Waals surface area (Å²) in [5.74, 6) is -0.472. The molecule has 3 N–H and O–H groups in total. The molecule has 0 aliphatic rings. The molecule has 0 aromatic heterocycles. The lowest BCUT2D eigenvalue weighted by Gasteiger charge is -2.09. The molecule has 0 unspecified atom stereocenters. The second-order valence-corrected chi connectivity index (χ2v) is 4.80. The number of hydrogen-bond donors (Lipinski definition) is 2. The predicted octanol–water partition coefficient (Wildman–Crippen LogP) is 3.36.